The molecule has 23 heavy (non-hydrogen) atoms. The van der Waals surface area contributed by atoms with Crippen LogP contribution in [0.3, 0.4) is 0 Å². The average Bonchev–Trinajstić information content (AvgIpc) is 2.61. The van der Waals surface area contributed by atoms with Gasteiger partial charge in [0.15, 0.2) is 0 Å². The summed E-state index contributed by atoms with van der Waals surface area (Å²) in [4.78, 5) is 14.8. The molecule has 1 N–H and O–H groups in total. The first kappa shape index (κ1) is 14.8. The van der Waals surface area contributed by atoms with Gasteiger partial charge in [0.25, 0.3) is 0 Å². The Bertz CT molecular complexity index is 798. The predicted octanol–water partition coefficient (Wildman–Crippen LogP) is 4.03. The van der Waals surface area contributed by atoms with Crippen molar-refractivity contribution in [1.29, 1.82) is 0 Å². The van der Waals surface area contributed by atoms with E-state index in [1.165, 1.54) is 6.07 Å². The van der Waals surface area contributed by atoms with Gasteiger partial charge in [-0.3, -0.25) is 0 Å². The molecular formula is C19H15NO3. The van der Waals surface area contributed by atoms with Gasteiger partial charge in [-0.1, -0.05) is 54.6 Å². The van der Waals surface area contributed by atoms with Crippen LogP contribution in [0.4, 0.5) is 0 Å². The fourth-order valence-electron chi connectivity index (χ4n) is 2.25. The molecule has 1 heterocycles. The molecule has 2 aromatic carbocycles. The number of para-hydroxylation sites is 1. The van der Waals surface area contributed by atoms with Gasteiger partial charge in [-0.15, -0.1) is 0 Å². The molecule has 0 radical (unpaired) electrons. The van der Waals surface area contributed by atoms with Crippen molar-refractivity contribution in [3.63, 3.8) is 0 Å². The molecule has 3 rings (SSSR count). The van der Waals surface area contributed by atoms with E-state index in [9.17, 15) is 4.79 Å². The summed E-state index contributed by atoms with van der Waals surface area (Å²) in [6.07, 6.45) is 1.55. The second kappa shape index (κ2) is 6.75. The fraction of sp³-hybridized carbons (Fsp3) is 0.0526. The summed E-state index contributed by atoms with van der Waals surface area (Å²) >= 11 is 0. The highest BCUT2D eigenvalue weighted by Crippen LogP contribution is 2.30. The Morgan fingerprint density at radius 2 is 1.70 bits per heavy atom. The lowest BCUT2D eigenvalue weighted by Gasteiger charge is -2.11. The Labute approximate surface area is 134 Å². The van der Waals surface area contributed by atoms with Crippen LogP contribution in [-0.2, 0) is 6.61 Å². The van der Waals surface area contributed by atoms with Gasteiger partial charge in [0.05, 0.1) is 0 Å². The number of carboxylic acid groups (broad SMARTS) is 1. The van der Waals surface area contributed by atoms with Crippen LogP contribution in [0.25, 0.3) is 11.1 Å². The fourth-order valence-corrected chi connectivity index (χ4v) is 2.25. The molecule has 0 amide bonds. The Kier molecular flexibility index (Phi) is 4.34. The Morgan fingerprint density at radius 3 is 2.39 bits per heavy atom. The predicted molar refractivity (Wildman–Crippen MR) is 87.4 cm³/mol. The SMILES string of the molecule is O=C(O)c1ccc(-c2ccccc2OCc2ccccc2)cn1. The summed E-state index contributed by atoms with van der Waals surface area (Å²) < 4.78 is 5.91. The van der Waals surface area contributed by atoms with Crippen LogP contribution in [0.1, 0.15) is 16.1 Å². The molecule has 4 heteroatoms. The monoisotopic (exact) mass is 305 g/mol. The normalized spacial score (nSPS) is 10.3. The molecule has 0 aliphatic carbocycles. The van der Waals surface area contributed by atoms with Crippen LogP contribution in [0, 0.1) is 0 Å². The third kappa shape index (κ3) is 3.55. The minimum absolute atomic E-state index is 0.0245. The minimum atomic E-state index is -1.04. The highest BCUT2D eigenvalue weighted by atomic mass is 16.5. The second-order valence-electron chi connectivity index (χ2n) is 5.01. The first-order valence-corrected chi connectivity index (χ1v) is 7.19. The van der Waals surface area contributed by atoms with Gasteiger partial charge < -0.3 is 9.84 Å². The van der Waals surface area contributed by atoms with E-state index in [-0.39, 0.29) is 5.69 Å². The zero-order chi connectivity index (χ0) is 16.1. The van der Waals surface area contributed by atoms with E-state index in [1.807, 2.05) is 54.6 Å². The lowest BCUT2D eigenvalue weighted by atomic mass is 10.1. The molecule has 0 atom stereocenters. The van der Waals surface area contributed by atoms with E-state index in [0.717, 1.165) is 22.4 Å². The minimum Gasteiger partial charge on any atom is -0.488 e. The number of benzene rings is 2. The van der Waals surface area contributed by atoms with Crippen molar-refractivity contribution < 1.29 is 14.6 Å². The smallest absolute Gasteiger partial charge is 0.354 e. The molecule has 0 aliphatic heterocycles. The maximum Gasteiger partial charge on any atom is 0.354 e. The van der Waals surface area contributed by atoms with Crippen LogP contribution in [0.5, 0.6) is 5.75 Å². The topological polar surface area (TPSA) is 59.4 Å². The second-order valence-corrected chi connectivity index (χ2v) is 5.01. The Balaban J connectivity index is 1.84. The first-order valence-electron chi connectivity index (χ1n) is 7.19. The van der Waals surface area contributed by atoms with E-state index in [4.69, 9.17) is 9.84 Å². The van der Waals surface area contributed by atoms with Gasteiger partial charge >= 0.3 is 5.97 Å². The van der Waals surface area contributed by atoms with Crippen LogP contribution in [0.2, 0.25) is 0 Å². The first-order chi connectivity index (χ1) is 11.2. The van der Waals surface area contributed by atoms with Gasteiger partial charge in [-0.25, -0.2) is 9.78 Å². The van der Waals surface area contributed by atoms with Crippen LogP contribution in [0.15, 0.2) is 72.9 Å². The molecule has 0 spiro atoms. The van der Waals surface area contributed by atoms with Crippen LogP contribution >= 0.6 is 0 Å². The molecule has 0 aliphatic rings. The lowest BCUT2D eigenvalue weighted by molar-refractivity contribution is 0.0690. The van der Waals surface area contributed by atoms with Gasteiger partial charge in [0, 0.05) is 17.3 Å². The van der Waals surface area contributed by atoms with Crippen molar-refractivity contribution >= 4 is 5.97 Å². The number of aromatic carboxylic acids is 1. The number of nitrogens with zero attached hydrogens (tertiary/aromatic N) is 1. The molecular weight excluding hydrogens is 290 g/mol. The number of pyridine rings is 1. The zero-order valence-corrected chi connectivity index (χ0v) is 12.3. The van der Waals surface area contributed by atoms with Crippen molar-refractivity contribution in [3.8, 4) is 16.9 Å². The summed E-state index contributed by atoms with van der Waals surface area (Å²) in [5, 5.41) is 8.92. The highest BCUT2D eigenvalue weighted by molar-refractivity contribution is 5.86. The van der Waals surface area contributed by atoms with E-state index >= 15 is 0 Å². The largest absolute Gasteiger partial charge is 0.488 e. The molecule has 1 aromatic heterocycles. The third-order valence-corrected chi connectivity index (χ3v) is 3.42. The van der Waals surface area contributed by atoms with Crippen molar-refractivity contribution in [2.24, 2.45) is 0 Å². The van der Waals surface area contributed by atoms with Crippen molar-refractivity contribution in [3.05, 3.63) is 84.2 Å². The molecule has 0 bridgehead atoms. The molecule has 4 nitrogen and oxygen atoms in total. The van der Waals surface area contributed by atoms with Gasteiger partial charge in [0.1, 0.15) is 18.1 Å². The van der Waals surface area contributed by atoms with Crippen LogP contribution in [-0.4, -0.2) is 16.1 Å². The maximum absolute atomic E-state index is 10.9. The molecule has 0 saturated carbocycles. The number of carbonyl (C=O) groups is 1. The molecule has 0 saturated heterocycles. The summed E-state index contributed by atoms with van der Waals surface area (Å²) in [7, 11) is 0. The maximum atomic E-state index is 10.9. The number of hydrogen-bond acceptors (Lipinski definition) is 3. The van der Waals surface area contributed by atoms with E-state index in [0.29, 0.717) is 6.61 Å². The number of ether oxygens (including phenoxy) is 1. The number of rotatable bonds is 5. The molecule has 0 unspecified atom stereocenters. The molecule has 3 aromatic rings. The Hall–Kier alpha value is -3.14. The summed E-state index contributed by atoms with van der Waals surface area (Å²) in [6, 6.07) is 20.8. The third-order valence-electron chi connectivity index (χ3n) is 3.42. The molecule has 0 fully saturated rings. The number of carboxylic acids is 1. The molecule has 114 valence electrons. The zero-order valence-electron chi connectivity index (χ0n) is 12.3. The van der Waals surface area contributed by atoms with Crippen molar-refractivity contribution in [2.75, 3.05) is 0 Å². The van der Waals surface area contributed by atoms with Crippen LogP contribution < -0.4 is 4.74 Å². The summed E-state index contributed by atoms with van der Waals surface area (Å²) in [5.41, 5.74) is 2.81. The quantitative estimate of drug-likeness (QED) is 0.773. The average molecular weight is 305 g/mol. The van der Waals surface area contributed by atoms with Gasteiger partial charge in [-0.2, -0.15) is 0 Å². The van der Waals surface area contributed by atoms with E-state index in [2.05, 4.69) is 4.98 Å². The van der Waals surface area contributed by atoms with E-state index < -0.39 is 5.97 Å². The summed E-state index contributed by atoms with van der Waals surface area (Å²) in [6.45, 7) is 0.471. The van der Waals surface area contributed by atoms with Gasteiger partial charge in [-0.05, 0) is 17.7 Å². The number of aromatic nitrogens is 1. The number of hydrogen-bond donors (Lipinski definition) is 1. The van der Waals surface area contributed by atoms with Crippen molar-refractivity contribution in [1.82, 2.24) is 4.98 Å². The van der Waals surface area contributed by atoms with E-state index in [1.54, 1.807) is 12.3 Å². The summed E-state index contributed by atoms with van der Waals surface area (Å²) in [5.74, 6) is -0.300. The van der Waals surface area contributed by atoms with Gasteiger partial charge in [0.2, 0.25) is 0 Å². The Morgan fingerprint density at radius 1 is 0.957 bits per heavy atom. The van der Waals surface area contributed by atoms with Crippen molar-refractivity contribution in [2.45, 2.75) is 6.61 Å². The lowest BCUT2D eigenvalue weighted by Crippen LogP contribution is -2.00. The highest BCUT2D eigenvalue weighted by Gasteiger charge is 2.09. The standard InChI is InChI=1S/C19H15NO3/c21-19(22)17-11-10-15(12-20-17)16-8-4-5-9-18(16)23-13-14-6-2-1-3-7-14/h1-12H,13H2,(H,21,22).